The van der Waals surface area contributed by atoms with Gasteiger partial charge in [0, 0.05) is 19.6 Å². The highest BCUT2D eigenvalue weighted by atomic mass is 16.5. The van der Waals surface area contributed by atoms with E-state index in [1.54, 1.807) is 13.2 Å². The van der Waals surface area contributed by atoms with Gasteiger partial charge >= 0.3 is 0 Å². The Bertz CT molecular complexity index is 162. The molecule has 2 unspecified atom stereocenters. The van der Waals surface area contributed by atoms with Gasteiger partial charge in [0.25, 0.3) is 0 Å². The third kappa shape index (κ3) is 4.12. The summed E-state index contributed by atoms with van der Waals surface area (Å²) in [6.45, 7) is 6.81. The van der Waals surface area contributed by atoms with E-state index in [2.05, 4.69) is 18.0 Å². The van der Waals surface area contributed by atoms with Crippen molar-refractivity contribution in [1.82, 2.24) is 5.32 Å². The van der Waals surface area contributed by atoms with Crippen molar-refractivity contribution in [2.75, 3.05) is 20.3 Å². The van der Waals surface area contributed by atoms with Gasteiger partial charge in [-0.1, -0.05) is 13.0 Å². The van der Waals surface area contributed by atoms with Crippen molar-refractivity contribution < 1.29 is 4.74 Å². The van der Waals surface area contributed by atoms with Crippen LogP contribution in [-0.2, 0) is 4.74 Å². The van der Waals surface area contributed by atoms with E-state index < -0.39 is 0 Å². The second-order valence-electron chi connectivity index (χ2n) is 2.74. The topological polar surface area (TPSA) is 45.0 Å². The molecule has 0 spiro atoms. The Morgan fingerprint density at radius 2 is 2.42 bits per heavy atom. The Kier molecular flexibility index (Phi) is 6.35. The molecule has 0 aliphatic heterocycles. The quantitative estimate of drug-likeness (QED) is 0.600. The molecule has 2 atom stereocenters. The highest BCUT2D eigenvalue weighted by Crippen LogP contribution is 2.01. The van der Waals surface area contributed by atoms with Crippen molar-refractivity contribution >= 4 is 0 Å². The van der Waals surface area contributed by atoms with Crippen LogP contribution in [0.25, 0.3) is 0 Å². The maximum Gasteiger partial charge on any atom is 0.100 e. The third-order valence-electron chi connectivity index (χ3n) is 1.62. The minimum absolute atomic E-state index is 0.150. The number of hydrogen-bond acceptors (Lipinski definition) is 3. The Labute approximate surface area is 74.0 Å². The van der Waals surface area contributed by atoms with E-state index >= 15 is 0 Å². The minimum Gasteiger partial charge on any atom is -0.384 e. The van der Waals surface area contributed by atoms with Crippen molar-refractivity contribution in [2.24, 2.45) is 5.92 Å². The standard InChI is InChI=1S/C9H16N2O/c1-4-5-11-9(6-10)8(2)7-12-3/h4,8-9,11H,1,5,7H2,2-3H3. The summed E-state index contributed by atoms with van der Waals surface area (Å²) < 4.78 is 4.95. The minimum atomic E-state index is -0.150. The first-order valence-corrected chi connectivity index (χ1v) is 3.99. The lowest BCUT2D eigenvalue weighted by Crippen LogP contribution is -2.35. The molecule has 0 aliphatic rings. The molecule has 0 aromatic carbocycles. The van der Waals surface area contributed by atoms with Crippen LogP contribution in [0, 0.1) is 17.2 Å². The summed E-state index contributed by atoms with van der Waals surface area (Å²) in [6, 6.07) is 2.03. The summed E-state index contributed by atoms with van der Waals surface area (Å²) in [5, 5.41) is 11.8. The number of nitrogens with zero attached hydrogens (tertiary/aromatic N) is 1. The van der Waals surface area contributed by atoms with Crippen LogP contribution in [0.1, 0.15) is 6.92 Å². The molecule has 0 saturated carbocycles. The van der Waals surface area contributed by atoms with E-state index in [1.807, 2.05) is 6.92 Å². The summed E-state index contributed by atoms with van der Waals surface area (Å²) in [7, 11) is 1.64. The van der Waals surface area contributed by atoms with Crippen LogP contribution in [0.3, 0.4) is 0 Å². The Morgan fingerprint density at radius 1 is 1.75 bits per heavy atom. The lowest BCUT2D eigenvalue weighted by atomic mass is 10.0. The Hall–Kier alpha value is -0.850. The average Bonchev–Trinajstić information content (AvgIpc) is 2.06. The van der Waals surface area contributed by atoms with E-state index in [1.165, 1.54) is 0 Å². The zero-order valence-corrected chi connectivity index (χ0v) is 7.71. The summed E-state index contributed by atoms with van der Waals surface area (Å²) >= 11 is 0. The fourth-order valence-electron chi connectivity index (χ4n) is 0.943. The van der Waals surface area contributed by atoms with Gasteiger partial charge < -0.3 is 4.74 Å². The lowest BCUT2D eigenvalue weighted by Gasteiger charge is -2.16. The molecule has 0 bridgehead atoms. The van der Waals surface area contributed by atoms with Crippen LogP contribution in [-0.4, -0.2) is 26.3 Å². The van der Waals surface area contributed by atoms with Gasteiger partial charge in [0.2, 0.25) is 0 Å². The number of ether oxygens (including phenoxy) is 1. The molecule has 68 valence electrons. The highest BCUT2D eigenvalue weighted by Gasteiger charge is 2.14. The van der Waals surface area contributed by atoms with E-state index in [0.717, 1.165) is 0 Å². The summed E-state index contributed by atoms with van der Waals surface area (Å²) in [5.74, 6) is 0.208. The number of nitriles is 1. The fraction of sp³-hybridized carbons (Fsp3) is 0.667. The van der Waals surface area contributed by atoms with Crippen molar-refractivity contribution in [3.8, 4) is 6.07 Å². The molecule has 0 radical (unpaired) electrons. The van der Waals surface area contributed by atoms with Crippen LogP contribution in [0.2, 0.25) is 0 Å². The van der Waals surface area contributed by atoms with Crippen LogP contribution in [0.5, 0.6) is 0 Å². The lowest BCUT2D eigenvalue weighted by molar-refractivity contribution is 0.149. The average molecular weight is 168 g/mol. The SMILES string of the molecule is C=CCNC(C#N)C(C)COC. The molecular formula is C9H16N2O. The number of nitrogens with one attached hydrogen (secondary N) is 1. The molecule has 0 fully saturated rings. The zero-order valence-electron chi connectivity index (χ0n) is 7.71. The molecule has 12 heavy (non-hydrogen) atoms. The summed E-state index contributed by atoms with van der Waals surface area (Å²) in [6.07, 6.45) is 1.74. The molecule has 0 rings (SSSR count). The number of rotatable bonds is 6. The predicted molar refractivity (Wildman–Crippen MR) is 48.6 cm³/mol. The smallest absolute Gasteiger partial charge is 0.100 e. The second-order valence-corrected chi connectivity index (χ2v) is 2.74. The molecule has 0 heterocycles. The van der Waals surface area contributed by atoms with E-state index in [4.69, 9.17) is 10.00 Å². The fourth-order valence-corrected chi connectivity index (χ4v) is 0.943. The zero-order chi connectivity index (χ0) is 9.40. The van der Waals surface area contributed by atoms with Gasteiger partial charge in [-0.2, -0.15) is 5.26 Å². The predicted octanol–water partition coefficient (Wildman–Crippen LogP) is 0.937. The molecular weight excluding hydrogens is 152 g/mol. The molecule has 0 aliphatic carbocycles. The maximum atomic E-state index is 8.75. The molecule has 0 aromatic rings. The van der Waals surface area contributed by atoms with Gasteiger partial charge in [0.15, 0.2) is 0 Å². The van der Waals surface area contributed by atoms with Crippen LogP contribution in [0.4, 0.5) is 0 Å². The van der Waals surface area contributed by atoms with E-state index in [-0.39, 0.29) is 12.0 Å². The van der Waals surface area contributed by atoms with Gasteiger partial charge in [-0.25, -0.2) is 0 Å². The van der Waals surface area contributed by atoms with Crippen molar-refractivity contribution in [2.45, 2.75) is 13.0 Å². The molecule has 1 N–H and O–H groups in total. The van der Waals surface area contributed by atoms with Gasteiger partial charge in [0.1, 0.15) is 6.04 Å². The van der Waals surface area contributed by atoms with Gasteiger partial charge in [0.05, 0.1) is 12.7 Å². The van der Waals surface area contributed by atoms with E-state index in [9.17, 15) is 0 Å². The van der Waals surface area contributed by atoms with Crippen molar-refractivity contribution in [1.29, 1.82) is 5.26 Å². The molecule has 3 heteroatoms. The molecule has 0 amide bonds. The third-order valence-corrected chi connectivity index (χ3v) is 1.62. The highest BCUT2D eigenvalue weighted by molar-refractivity contribution is 4.94. The maximum absolute atomic E-state index is 8.75. The van der Waals surface area contributed by atoms with Crippen LogP contribution < -0.4 is 5.32 Å². The summed E-state index contributed by atoms with van der Waals surface area (Å²) in [5.41, 5.74) is 0. The van der Waals surface area contributed by atoms with Gasteiger partial charge in [-0.15, -0.1) is 6.58 Å². The Balaban J connectivity index is 3.80. The summed E-state index contributed by atoms with van der Waals surface area (Å²) in [4.78, 5) is 0. The normalized spacial score (nSPS) is 14.8. The second kappa shape index (κ2) is 6.84. The van der Waals surface area contributed by atoms with Gasteiger partial charge in [-0.05, 0) is 0 Å². The molecule has 0 aromatic heterocycles. The van der Waals surface area contributed by atoms with Crippen molar-refractivity contribution in [3.05, 3.63) is 12.7 Å². The number of methoxy groups -OCH3 is 1. The first kappa shape index (κ1) is 11.2. The van der Waals surface area contributed by atoms with E-state index in [0.29, 0.717) is 13.2 Å². The largest absolute Gasteiger partial charge is 0.384 e. The Morgan fingerprint density at radius 3 is 2.83 bits per heavy atom. The first-order chi connectivity index (χ1) is 5.76. The molecule has 3 nitrogen and oxygen atoms in total. The monoisotopic (exact) mass is 168 g/mol. The van der Waals surface area contributed by atoms with Crippen LogP contribution in [0.15, 0.2) is 12.7 Å². The molecule has 0 saturated heterocycles. The van der Waals surface area contributed by atoms with Crippen LogP contribution >= 0.6 is 0 Å². The van der Waals surface area contributed by atoms with Crippen molar-refractivity contribution in [3.63, 3.8) is 0 Å². The van der Waals surface area contributed by atoms with Gasteiger partial charge in [-0.3, -0.25) is 5.32 Å². The number of hydrogen-bond donors (Lipinski definition) is 1. The first-order valence-electron chi connectivity index (χ1n) is 3.99.